The maximum atomic E-state index is 11.9. The van der Waals surface area contributed by atoms with Crippen molar-refractivity contribution in [2.75, 3.05) is 26.8 Å². The number of hydrogen-bond donors (Lipinski definition) is 1. The summed E-state index contributed by atoms with van der Waals surface area (Å²) < 4.78 is 4.90. The Morgan fingerprint density at radius 3 is 2.81 bits per heavy atom. The molecule has 0 amide bonds. The molecular formula is C13H19NO2. The Balaban J connectivity index is 2.55. The van der Waals surface area contributed by atoms with E-state index in [2.05, 4.69) is 5.32 Å². The second-order valence-corrected chi connectivity index (χ2v) is 3.91. The molecule has 1 aromatic carbocycles. The van der Waals surface area contributed by atoms with Crippen molar-refractivity contribution in [1.82, 2.24) is 5.32 Å². The Morgan fingerprint density at radius 1 is 1.38 bits per heavy atom. The summed E-state index contributed by atoms with van der Waals surface area (Å²) in [6.07, 6.45) is 0. The lowest BCUT2D eigenvalue weighted by Crippen LogP contribution is -2.26. The molecule has 0 spiro atoms. The molecule has 0 bridgehead atoms. The van der Waals surface area contributed by atoms with Crippen LogP contribution in [0.5, 0.6) is 0 Å². The summed E-state index contributed by atoms with van der Waals surface area (Å²) >= 11 is 0. The third-order valence-corrected chi connectivity index (χ3v) is 2.46. The van der Waals surface area contributed by atoms with Gasteiger partial charge in [-0.25, -0.2) is 0 Å². The molecule has 3 nitrogen and oxygen atoms in total. The number of ether oxygens (including phenoxy) is 1. The van der Waals surface area contributed by atoms with E-state index in [1.54, 1.807) is 7.11 Å². The van der Waals surface area contributed by atoms with Crippen LogP contribution in [0.3, 0.4) is 0 Å². The number of carbonyl (C=O) groups is 1. The van der Waals surface area contributed by atoms with Gasteiger partial charge in [-0.1, -0.05) is 17.7 Å². The van der Waals surface area contributed by atoms with E-state index in [1.807, 2.05) is 32.0 Å². The quantitative estimate of drug-likeness (QED) is 0.587. The van der Waals surface area contributed by atoms with Gasteiger partial charge in [0, 0.05) is 19.2 Å². The minimum Gasteiger partial charge on any atom is -0.383 e. The highest BCUT2D eigenvalue weighted by Crippen LogP contribution is 2.10. The van der Waals surface area contributed by atoms with E-state index in [0.717, 1.165) is 16.7 Å². The zero-order chi connectivity index (χ0) is 12.0. The molecule has 0 aliphatic carbocycles. The summed E-state index contributed by atoms with van der Waals surface area (Å²) in [7, 11) is 1.65. The van der Waals surface area contributed by atoms with E-state index in [0.29, 0.717) is 19.7 Å². The lowest BCUT2D eigenvalue weighted by atomic mass is 10.0. The van der Waals surface area contributed by atoms with Gasteiger partial charge in [0.1, 0.15) is 0 Å². The zero-order valence-electron chi connectivity index (χ0n) is 10.2. The van der Waals surface area contributed by atoms with Gasteiger partial charge in [-0.2, -0.15) is 0 Å². The van der Waals surface area contributed by atoms with Crippen LogP contribution in [0, 0.1) is 13.8 Å². The molecule has 0 saturated carbocycles. The van der Waals surface area contributed by atoms with Crippen molar-refractivity contribution in [1.29, 1.82) is 0 Å². The Hall–Kier alpha value is -1.19. The molecule has 0 aromatic heterocycles. The van der Waals surface area contributed by atoms with Crippen molar-refractivity contribution in [3.05, 3.63) is 34.9 Å². The standard InChI is InChI=1S/C13H19NO2/c1-10-4-5-11(2)12(8-10)13(15)9-14-6-7-16-3/h4-5,8,14H,6-7,9H2,1-3H3. The monoisotopic (exact) mass is 221 g/mol. The topological polar surface area (TPSA) is 38.3 Å². The lowest BCUT2D eigenvalue weighted by molar-refractivity contribution is 0.0987. The van der Waals surface area contributed by atoms with Crippen molar-refractivity contribution in [2.24, 2.45) is 0 Å². The number of methoxy groups -OCH3 is 1. The van der Waals surface area contributed by atoms with Crippen LogP contribution in [0.1, 0.15) is 21.5 Å². The van der Waals surface area contributed by atoms with Crippen LogP contribution in [-0.2, 0) is 4.74 Å². The van der Waals surface area contributed by atoms with Crippen LogP contribution in [-0.4, -0.2) is 32.6 Å². The molecule has 16 heavy (non-hydrogen) atoms. The molecular weight excluding hydrogens is 202 g/mol. The summed E-state index contributed by atoms with van der Waals surface area (Å²) in [5.41, 5.74) is 2.96. The van der Waals surface area contributed by atoms with Crippen LogP contribution in [0.4, 0.5) is 0 Å². The van der Waals surface area contributed by atoms with Crippen molar-refractivity contribution in [3.63, 3.8) is 0 Å². The van der Waals surface area contributed by atoms with Gasteiger partial charge in [-0.15, -0.1) is 0 Å². The zero-order valence-corrected chi connectivity index (χ0v) is 10.2. The smallest absolute Gasteiger partial charge is 0.176 e. The second kappa shape index (κ2) is 6.40. The summed E-state index contributed by atoms with van der Waals surface area (Å²) in [5, 5.41) is 3.06. The number of rotatable bonds is 6. The minimum atomic E-state index is 0.136. The molecule has 1 rings (SSSR count). The van der Waals surface area contributed by atoms with Gasteiger partial charge in [0.15, 0.2) is 5.78 Å². The van der Waals surface area contributed by atoms with E-state index in [-0.39, 0.29) is 5.78 Å². The number of benzene rings is 1. The van der Waals surface area contributed by atoms with Gasteiger partial charge < -0.3 is 10.1 Å². The summed E-state index contributed by atoms with van der Waals surface area (Å²) in [6.45, 7) is 5.65. The first-order chi connectivity index (χ1) is 7.65. The van der Waals surface area contributed by atoms with Gasteiger partial charge in [-0.05, 0) is 25.5 Å². The highest BCUT2D eigenvalue weighted by atomic mass is 16.5. The molecule has 1 N–H and O–H groups in total. The normalized spacial score (nSPS) is 10.4. The molecule has 0 unspecified atom stereocenters. The van der Waals surface area contributed by atoms with Gasteiger partial charge >= 0.3 is 0 Å². The van der Waals surface area contributed by atoms with Crippen LogP contribution >= 0.6 is 0 Å². The van der Waals surface area contributed by atoms with Crippen molar-refractivity contribution < 1.29 is 9.53 Å². The molecule has 0 atom stereocenters. The molecule has 0 saturated heterocycles. The largest absolute Gasteiger partial charge is 0.383 e. The van der Waals surface area contributed by atoms with Gasteiger partial charge in [0.25, 0.3) is 0 Å². The fourth-order valence-corrected chi connectivity index (χ4v) is 1.51. The molecule has 0 aliphatic heterocycles. The summed E-state index contributed by atoms with van der Waals surface area (Å²) in [4.78, 5) is 11.9. The Bertz CT molecular complexity index is 361. The van der Waals surface area contributed by atoms with E-state index in [9.17, 15) is 4.79 Å². The first kappa shape index (κ1) is 12.9. The third-order valence-electron chi connectivity index (χ3n) is 2.46. The Morgan fingerprint density at radius 2 is 2.12 bits per heavy atom. The summed E-state index contributed by atoms with van der Waals surface area (Å²) in [6, 6.07) is 5.94. The summed E-state index contributed by atoms with van der Waals surface area (Å²) in [5.74, 6) is 0.136. The number of hydrogen-bond acceptors (Lipinski definition) is 3. The highest BCUT2D eigenvalue weighted by molar-refractivity contribution is 5.99. The van der Waals surface area contributed by atoms with Crippen LogP contribution < -0.4 is 5.32 Å². The Kier molecular flexibility index (Phi) is 5.15. The van der Waals surface area contributed by atoms with E-state index in [1.165, 1.54) is 0 Å². The van der Waals surface area contributed by atoms with E-state index >= 15 is 0 Å². The molecule has 0 aliphatic rings. The first-order valence-electron chi connectivity index (χ1n) is 5.45. The fourth-order valence-electron chi connectivity index (χ4n) is 1.51. The van der Waals surface area contributed by atoms with Gasteiger partial charge in [0.05, 0.1) is 13.2 Å². The average Bonchev–Trinajstić information content (AvgIpc) is 2.27. The van der Waals surface area contributed by atoms with E-state index in [4.69, 9.17) is 4.74 Å². The highest BCUT2D eigenvalue weighted by Gasteiger charge is 2.08. The van der Waals surface area contributed by atoms with Crippen molar-refractivity contribution in [3.8, 4) is 0 Å². The first-order valence-corrected chi connectivity index (χ1v) is 5.45. The van der Waals surface area contributed by atoms with Crippen molar-refractivity contribution >= 4 is 5.78 Å². The predicted molar refractivity (Wildman–Crippen MR) is 65.0 cm³/mol. The predicted octanol–water partition coefficient (Wildman–Crippen LogP) is 1.72. The number of aryl methyl sites for hydroxylation is 2. The van der Waals surface area contributed by atoms with Gasteiger partial charge in [0.2, 0.25) is 0 Å². The maximum Gasteiger partial charge on any atom is 0.176 e. The molecule has 0 heterocycles. The maximum absolute atomic E-state index is 11.9. The van der Waals surface area contributed by atoms with Crippen molar-refractivity contribution in [2.45, 2.75) is 13.8 Å². The number of ketones is 1. The minimum absolute atomic E-state index is 0.136. The average molecular weight is 221 g/mol. The van der Waals surface area contributed by atoms with E-state index < -0.39 is 0 Å². The number of Topliss-reactive ketones (excluding diaryl/α,β-unsaturated/α-hetero) is 1. The molecule has 88 valence electrons. The Labute approximate surface area is 96.8 Å². The SMILES string of the molecule is COCCNCC(=O)c1cc(C)ccc1C. The molecule has 0 radical (unpaired) electrons. The lowest BCUT2D eigenvalue weighted by Gasteiger charge is -2.07. The van der Waals surface area contributed by atoms with Gasteiger partial charge in [-0.3, -0.25) is 4.79 Å². The molecule has 1 aromatic rings. The van der Waals surface area contributed by atoms with Crippen LogP contribution in [0.2, 0.25) is 0 Å². The second-order valence-electron chi connectivity index (χ2n) is 3.91. The third kappa shape index (κ3) is 3.76. The fraction of sp³-hybridized carbons (Fsp3) is 0.462. The molecule has 0 fully saturated rings. The number of nitrogens with one attached hydrogen (secondary N) is 1. The van der Waals surface area contributed by atoms with Crippen LogP contribution in [0.25, 0.3) is 0 Å². The molecule has 3 heteroatoms. The van der Waals surface area contributed by atoms with Crippen LogP contribution in [0.15, 0.2) is 18.2 Å². The number of carbonyl (C=O) groups excluding carboxylic acids is 1.